The van der Waals surface area contributed by atoms with Gasteiger partial charge in [0.15, 0.2) is 6.61 Å². The number of nitrogens with one attached hydrogen (secondary N) is 1. The van der Waals surface area contributed by atoms with Crippen LogP contribution in [0.4, 0.5) is 11.4 Å². The van der Waals surface area contributed by atoms with Crippen LogP contribution in [-0.4, -0.2) is 42.9 Å². The number of carbonyl (C=O) groups excluding carboxylic acids is 2. The first-order valence-electron chi connectivity index (χ1n) is 10.5. The minimum atomic E-state index is -4.24. The molecule has 190 valence electrons. The number of hydrogen-bond donors (Lipinski definition) is 1. The van der Waals surface area contributed by atoms with Gasteiger partial charge in [-0.1, -0.05) is 29.8 Å². The number of nitro groups is 1. The summed E-state index contributed by atoms with van der Waals surface area (Å²) < 4.78 is 37.6. The number of benzene rings is 3. The van der Waals surface area contributed by atoms with E-state index in [1.807, 2.05) is 0 Å². The van der Waals surface area contributed by atoms with Crippen LogP contribution in [0.25, 0.3) is 10.9 Å². The van der Waals surface area contributed by atoms with E-state index in [9.17, 15) is 28.1 Å². The molecule has 0 aliphatic carbocycles. The summed E-state index contributed by atoms with van der Waals surface area (Å²) in [6.07, 6.45) is 0. The number of hydrogen-bond acceptors (Lipinski definition) is 8. The minimum absolute atomic E-state index is 0.00879. The largest absolute Gasteiger partial charge is 0.482 e. The van der Waals surface area contributed by atoms with Crippen LogP contribution in [0.15, 0.2) is 77.7 Å². The third-order valence-corrected chi connectivity index (χ3v) is 7.21. The lowest BCUT2D eigenvalue weighted by Gasteiger charge is -2.13. The number of nitro benzene ring substituents is 1. The molecule has 37 heavy (non-hydrogen) atoms. The standard InChI is InChI=1S/C24H18ClN3O8S/c1-35-23(29)14-36-17-8-9-19(21(13-17)28(31)32)26-24(30)22-12-15-11-16(25)7-10-20(15)27(22)37(33,34)18-5-3-2-4-6-18/h2-13H,14H2,1H3,(H,26,30). The van der Waals surface area contributed by atoms with Crippen molar-refractivity contribution in [3.05, 3.63) is 93.6 Å². The third-order valence-electron chi connectivity index (χ3n) is 5.23. The van der Waals surface area contributed by atoms with Crippen molar-refractivity contribution in [1.82, 2.24) is 3.97 Å². The quantitative estimate of drug-likeness (QED) is 0.197. The van der Waals surface area contributed by atoms with E-state index in [2.05, 4.69) is 10.1 Å². The molecule has 1 heterocycles. The summed E-state index contributed by atoms with van der Waals surface area (Å²) in [6, 6.07) is 16.8. The van der Waals surface area contributed by atoms with Crippen LogP contribution in [0.5, 0.6) is 5.75 Å². The van der Waals surface area contributed by atoms with Gasteiger partial charge in [0.1, 0.15) is 17.1 Å². The van der Waals surface area contributed by atoms with Gasteiger partial charge in [0, 0.05) is 10.4 Å². The molecule has 4 aromatic rings. The number of esters is 1. The molecule has 0 spiro atoms. The summed E-state index contributed by atoms with van der Waals surface area (Å²) >= 11 is 6.07. The molecule has 4 rings (SSSR count). The van der Waals surface area contributed by atoms with E-state index >= 15 is 0 Å². The van der Waals surface area contributed by atoms with Gasteiger partial charge in [-0.2, -0.15) is 0 Å². The average molecular weight is 544 g/mol. The number of carbonyl (C=O) groups is 2. The molecule has 0 radical (unpaired) electrons. The highest BCUT2D eigenvalue weighted by Gasteiger charge is 2.28. The lowest BCUT2D eigenvalue weighted by atomic mass is 10.2. The number of rotatable bonds is 8. The van der Waals surface area contributed by atoms with Crippen molar-refractivity contribution in [2.24, 2.45) is 0 Å². The van der Waals surface area contributed by atoms with Crippen molar-refractivity contribution in [3.63, 3.8) is 0 Å². The summed E-state index contributed by atoms with van der Waals surface area (Å²) in [7, 11) is -3.07. The van der Waals surface area contributed by atoms with Crippen molar-refractivity contribution in [2.75, 3.05) is 19.0 Å². The normalized spacial score (nSPS) is 11.2. The zero-order chi connectivity index (χ0) is 26.7. The second-order valence-corrected chi connectivity index (χ2v) is 9.79. The van der Waals surface area contributed by atoms with E-state index in [4.69, 9.17) is 16.3 Å². The fourth-order valence-corrected chi connectivity index (χ4v) is 5.23. The molecule has 13 heteroatoms. The molecule has 0 atom stereocenters. The summed E-state index contributed by atoms with van der Waals surface area (Å²) in [6.45, 7) is -0.473. The number of amides is 1. The van der Waals surface area contributed by atoms with Gasteiger partial charge in [0.2, 0.25) is 0 Å². The molecule has 0 unspecified atom stereocenters. The van der Waals surface area contributed by atoms with E-state index in [1.54, 1.807) is 18.2 Å². The number of fused-ring (bicyclic) bond motifs is 1. The average Bonchev–Trinajstić information content (AvgIpc) is 3.27. The maximum absolute atomic E-state index is 13.5. The van der Waals surface area contributed by atoms with Crippen LogP contribution in [0.2, 0.25) is 5.02 Å². The Balaban J connectivity index is 1.77. The topological polar surface area (TPSA) is 147 Å². The summed E-state index contributed by atoms with van der Waals surface area (Å²) in [5, 5.41) is 14.8. The first kappa shape index (κ1) is 25.7. The van der Waals surface area contributed by atoms with Gasteiger partial charge in [-0.15, -0.1) is 0 Å². The van der Waals surface area contributed by atoms with Crippen molar-refractivity contribution in [2.45, 2.75) is 4.90 Å². The molecule has 0 saturated heterocycles. The maximum atomic E-state index is 13.5. The predicted molar refractivity (Wildman–Crippen MR) is 135 cm³/mol. The number of nitrogens with zero attached hydrogens (tertiary/aromatic N) is 2. The van der Waals surface area contributed by atoms with Gasteiger partial charge >= 0.3 is 5.97 Å². The second-order valence-electron chi connectivity index (χ2n) is 7.57. The summed E-state index contributed by atoms with van der Waals surface area (Å²) in [5.41, 5.74) is -0.847. The first-order valence-corrected chi connectivity index (χ1v) is 12.3. The van der Waals surface area contributed by atoms with E-state index in [0.29, 0.717) is 10.4 Å². The van der Waals surface area contributed by atoms with Crippen molar-refractivity contribution >= 4 is 55.8 Å². The van der Waals surface area contributed by atoms with Crippen LogP contribution < -0.4 is 10.1 Å². The van der Waals surface area contributed by atoms with Gasteiger partial charge in [0.05, 0.1) is 28.5 Å². The van der Waals surface area contributed by atoms with Gasteiger partial charge in [-0.25, -0.2) is 17.2 Å². The highest BCUT2D eigenvalue weighted by molar-refractivity contribution is 7.90. The van der Waals surface area contributed by atoms with E-state index in [1.165, 1.54) is 48.5 Å². The van der Waals surface area contributed by atoms with E-state index in [-0.39, 0.29) is 27.5 Å². The van der Waals surface area contributed by atoms with E-state index in [0.717, 1.165) is 17.1 Å². The van der Waals surface area contributed by atoms with Crippen LogP contribution in [0.1, 0.15) is 10.5 Å². The molecule has 1 N–H and O–H groups in total. The first-order chi connectivity index (χ1) is 17.6. The Hall–Kier alpha value is -4.42. The van der Waals surface area contributed by atoms with Gasteiger partial charge in [-0.3, -0.25) is 14.9 Å². The molecule has 0 bridgehead atoms. The van der Waals surface area contributed by atoms with Gasteiger partial charge in [-0.05, 0) is 48.5 Å². The highest BCUT2D eigenvalue weighted by atomic mass is 35.5. The van der Waals surface area contributed by atoms with Crippen molar-refractivity contribution < 1.29 is 32.4 Å². The molecule has 0 aliphatic rings. The van der Waals surface area contributed by atoms with Crippen LogP contribution in [-0.2, 0) is 19.6 Å². The second kappa shape index (κ2) is 10.3. The SMILES string of the molecule is COC(=O)COc1ccc(NC(=O)c2cc3cc(Cl)ccc3n2S(=O)(=O)c2ccccc2)c([N+](=O)[O-])c1. The highest BCUT2D eigenvalue weighted by Crippen LogP contribution is 2.32. The molecular formula is C24H18ClN3O8S. The minimum Gasteiger partial charge on any atom is -0.482 e. The molecule has 1 amide bonds. The maximum Gasteiger partial charge on any atom is 0.343 e. The van der Waals surface area contributed by atoms with Crippen LogP contribution in [0.3, 0.4) is 0 Å². The lowest BCUT2D eigenvalue weighted by Crippen LogP contribution is -2.22. The zero-order valence-corrected chi connectivity index (χ0v) is 20.7. The third kappa shape index (κ3) is 5.25. The summed E-state index contributed by atoms with van der Waals surface area (Å²) in [4.78, 5) is 35.5. The number of halogens is 1. The fourth-order valence-electron chi connectivity index (χ4n) is 3.52. The molecular weight excluding hydrogens is 526 g/mol. The number of aromatic nitrogens is 1. The molecule has 0 saturated carbocycles. The molecule has 1 aromatic heterocycles. The Bertz CT molecular complexity index is 1630. The lowest BCUT2D eigenvalue weighted by molar-refractivity contribution is -0.384. The molecule has 0 fully saturated rings. The monoisotopic (exact) mass is 543 g/mol. The molecule has 11 nitrogen and oxygen atoms in total. The Morgan fingerprint density at radius 2 is 1.78 bits per heavy atom. The summed E-state index contributed by atoms with van der Waals surface area (Å²) in [5.74, 6) is -1.61. The van der Waals surface area contributed by atoms with Crippen molar-refractivity contribution in [1.29, 1.82) is 0 Å². The number of anilines is 1. The smallest absolute Gasteiger partial charge is 0.343 e. The molecule has 0 aliphatic heterocycles. The van der Waals surface area contributed by atoms with E-state index < -0.39 is 39.1 Å². The van der Waals surface area contributed by atoms with Gasteiger partial charge < -0.3 is 14.8 Å². The zero-order valence-electron chi connectivity index (χ0n) is 19.1. The van der Waals surface area contributed by atoms with Crippen molar-refractivity contribution in [3.8, 4) is 5.75 Å². The van der Waals surface area contributed by atoms with Crippen LogP contribution in [0, 0.1) is 10.1 Å². The Kier molecular flexibility index (Phi) is 7.14. The number of methoxy groups -OCH3 is 1. The molecule has 3 aromatic carbocycles. The Morgan fingerprint density at radius 3 is 2.46 bits per heavy atom. The number of ether oxygens (including phenoxy) is 2. The van der Waals surface area contributed by atoms with Gasteiger partial charge in [0.25, 0.3) is 21.6 Å². The Labute approximate surface area is 215 Å². The van der Waals surface area contributed by atoms with Crippen LogP contribution >= 0.6 is 11.6 Å². The predicted octanol–water partition coefficient (Wildman–Crippen LogP) is 4.24. The fraction of sp³-hybridized carbons (Fsp3) is 0.0833. The Morgan fingerprint density at radius 1 is 1.05 bits per heavy atom.